The Labute approximate surface area is 180 Å². The molecule has 1 aliphatic rings. The Morgan fingerprint density at radius 2 is 2.00 bits per heavy atom. The van der Waals surface area contributed by atoms with Crippen LogP contribution in [0.15, 0.2) is 29.2 Å². The Kier molecular flexibility index (Phi) is 6.43. The number of aryl methyl sites for hydroxylation is 1. The fraction of sp³-hybridized carbons (Fsp3) is 0.353. The second-order valence-electron chi connectivity index (χ2n) is 6.33. The highest BCUT2D eigenvalue weighted by Gasteiger charge is 2.41. The zero-order chi connectivity index (χ0) is 22.1. The number of anilines is 2. The van der Waals surface area contributed by atoms with Gasteiger partial charge in [-0.15, -0.1) is 22.0 Å². The van der Waals surface area contributed by atoms with E-state index in [9.17, 15) is 22.8 Å². The summed E-state index contributed by atoms with van der Waals surface area (Å²) in [4.78, 5) is 36.8. The molecule has 3 rings (SSSR count). The standard InChI is InChI=1S/C17H18N4O6S3/c1-3-13-18-19-17(29-13)20-30(26,27)11-6-4-10(5-7-11)21-14(22)8-12(15(21)23)28-9(2)16(24)25/h4-7,9,12H,3,8H2,1-2H3,(H,19,20)(H,24,25). The number of carboxylic acid groups (broad SMARTS) is 1. The van der Waals surface area contributed by atoms with Gasteiger partial charge in [0.2, 0.25) is 16.9 Å². The first-order valence-corrected chi connectivity index (χ1v) is 12.1. The third-order valence-corrected chi connectivity index (χ3v) is 7.99. The average molecular weight is 471 g/mol. The van der Waals surface area contributed by atoms with Crippen molar-refractivity contribution in [3.8, 4) is 0 Å². The maximum Gasteiger partial charge on any atom is 0.316 e. The van der Waals surface area contributed by atoms with Crippen LogP contribution in [0, 0.1) is 0 Å². The van der Waals surface area contributed by atoms with Crippen LogP contribution in [-0.2, 0) is 30.8 Å². The molecule has 13 heteroatoms. The number of benzene rings is 1. The minimum Gasteiger partial charge on any atom is -0.480 e. The van der Waals surface area contributed by atoms with Gasteiger partial charge in [-0.1, -0.05) is 18.3 Å². The Morgan fingerprint density at radius 1 is 1.33 bits per heavy atom. The van der Waals surface area contributed by atoms with Crippen molar-refractivity contribution in [3.05, 3.63) is 29.3 Å². The van der Waals surface area contributed by atoms with E-state index in [1.54, 1.807) is 0 Å². The van der Waals surface area contributed by atoms with E-state index in [4.69, 9.17) is 5.11 Å². The second-order valence-corrected chi connectivity index (χ2v) is 10.6. The minimum absolute atomic E-state index is 0.0657. The third kappa shape index (κ3) is 4.63. The second kappa shape index (κ2) is 8.70. The van der Waals surface area contributed by atoms with Crippen LogP contribution in [0.2, 0.25) is 0 Å². The Morgan fingerprint density at radius 3 is 2.57 bits per heavy atom. The molecule has 2 aromatic rings. The fourth-order valence-corrected chi connectivity index (χ4v) is 5.65. The number of imide groups is 1. The largest absolute Gasteiger partial charge is 0.480 e. The van der Waals surface area contributed by atoms with Gasteiger partial charge in [0, 0.05) is 6.42 Å². The van der Waals surface area contributed by atoms with E-state index in [0.29, 0.717) is 11.4 Å². The lowest BCUT2D eigenvalue weighted by atomic mass is 10.3. The van der Waals surface area contributed by atoms with E-state index in [1.807, 2.05) is 6.92 Å². The highest BCUT2D eigenvalue weighted by atomic mass is 32.2. The van der Waals surface area contributed by atoms with Crippen molar-refractivity contribution in [2.75, 3.05) is 9.62 Å². The minimum atomic E-state index is -3.91. The summed E-state index contributed by atoms with van der Waals surface area (Å²) in [5.41, 5.74) is 0.221. The van der Waals surface area contributed by atoms with Gasteiger partial charge in [-0.3, -0.25) is 19.1 Å². The molecule has 0 radical (unpaired) electrons. The van der Waals surface area contributed by atoms with Gasteiger partial charge in [0.15, 0.2) is 0 Å². The van der Waals surface area contributed by atoms with E-state index in [1.165, 1.54) is 31.2 Å². The number of nitrogens with zero attached hydrogens (tertiary/aromatic N) is 3. The van der Waals surface area contributed by atoms with Crippen molar-refractivity contribution >= 4 is 61.7 Å². The fourth-order valence-electron chi connectivity index (χ4n) is 2.67. The number of carbonyl (C=O) groups is 3. The molecule has 1 aromatic carbocycles. The van der Waals surface area contributed by atoms with Crippen molar-refractivity contribution in [3.63, 3.8) is 0 Å². The number of amides is 2. The first-order valence-electron chi connectivity index (χ1n) is 8.82. The number of nitrogens with one attached hydrogen (secondary N) is 1. The highest BCUT2D eigenvalue weighted by molar-refractivity contribution is 8.01. The molecular weight excluding hydrogens is 452 g/mol. The van der Waals surface area contributed by atoms with Crippen molar-refractivity contribution in [1.82, 2.24) is 10.2 Å². The van der Waals surface area contributed by atoms with Crippen LogP contribution in [0.25, 0.3) is 0 Å². The molecule has 1 aliphatic heterocycles. The molecule has 2 amide bonds. The monoisotopic (exact) mass is 470 g/mol. The Hall–Kier alpha value is -2.51. The van der Waals surface area contributed by atoms with E-state index in [-0.39, 0.29) is 22.1 Å². The topological polar surface area (TPSA) is 147 Å². The molecule has 2 N–H and O–H groups in total. The molecule has 30 heavy (non-hydrogen) atoms. The quantitative estimate of drug-likeness (QED) is 0.551. The number of thioether (sulfide) groups is 1. The molecule has 1 fully saturated rings. The predicted octanol–water partition coefficient (Wildman–Crippen LogP) is 1.74. The zero-order valence-electron chi connectivity index (χ0n) is 15.9. The van der Waals surface area contributed by atoms with Crippen LogP contribution in [0.3, 0.4) is 0 Å². The number of rotatable bonds is 8. The Bertz CT molecular complexity index is 1080. The van der Waals surface area contributed by atoms with Crippen molar-refractivity contribution in [2.45, 2.75) is 42.1 Å². The van der Waals surface area contributed by atoms with E-state index >= 15 is 0 Å². The van der Waals surface area contributed by atoms with Gasteiger partial charge in [-0.05, 0) is 37.6 Å². The van der Waals surface area contributed by atoms with E-state index in [0.717, 1.165) is 28.0 Å². The molecule has 2 atom stereocenters. The van der Waals surface area contributed by atoms with Crippen LogP contribution in [0.1, 0.15) is 25.3 Å². The molecule has 160 valence electrons. The van der Waals surface area contributed by atoms with Gasteiger partial charge >= 0.3 is 5.97 Å². The number of hydrogen-bond donors (Lipinski definition) is 2. The lowest BCUT2D eigenvalue weighted by Crippen LogP contribution is -2.32. The van der Waals surface area contributed by atoms with Crippen molar-refractivity contribution in [1.29, 1.82) is 0 Å². The first-order chi connectivity index (χ1) is 14.1. The van der Waals surface area contributed by atoms with Crippen LogP contribution >= 0.6 is 23.1 Å². The lowest BCUT2D eigenvalue weighted by Gasteiger charge is -2.16. The summed E-state index contributed by atoms with van der Waals surface area (Å²) >= 11 is 2.04. The van der Waals surface area contributed by atoms with Crippen LogP contribution in [0.5, 0.6) is 0 Å². The van der Waals surface area contributed by atoms with Crippen molar-refractivity contribution < 1.29 is 27.9 Å². The molecular formula is C17H18N4O6S3. The van der Waals surface area contributed by atoms with Gasteiger partial charge in [0.05, 0.1) is 15.8 Å². The van der Waals surface area contributed by atoms with Gasteiger partial charge in [0.25, 0.3) is 10.0 Å². The average Bonchev–Trinajstić information content (AvgIpc) is 3.25. The van der Waals surface area contributed by atoms with Gasteiger partial charge < -0.3 is 5.11 Å². The molecule has 0 saturated carbocycles. The summed E-state index contributed by atoms with van der Waals surface area (Å²) in [6, 6.07) is 5.27. The summed E-state index contributed by atoms with van der Waals surface area (Å²) in [6.45, 7) is 3.32. The summed E-state index contributed by atoms with van der Waals surface area (Å²) in [5, 5.41) is 15.9. The molecule has 0 aliphatic carbocycles. The van der Waals surface area contributed by atoms with Gasteiger partial charge in [-0.2, -0.15) is 0 Å². The summed E-state index contributed by atoms with van der Waals surface area (Å²) in [6.07, 6.45) is 0.524. The molecule has 2 heterocycles. The highest BCUT2D eigenvalue weighted by Crippen LogP contribution is 2.32. The summed E-state index contributed by atoms with van der Waals surface area (Å²) in [5.74, 6) is -2.06. The zero-order valence-corrected chi connectivity index (χ0v) is 18.4. The normalized spacial score (nSPS) is 17.9. The number of sulfonamides is 1. The molecule has 2 unspecified atom stereocenters. The number of hydrogen-bond acceptors (Lipinski definition) is 9. The number of carboxylic acids is 1. The number of carbonyl (C=O) groups excluding carboxylic acids is 2. The maximum atomic E-state index is 12.6. The lowest BCUT2D eigenvalue weighted by molar-refractivity contribution is -0.136. The van der Waals surface area contributed by atoms with E-state index in [2.05, 4.69) is 14.9 Å². The number of aromatic nitrogens is 2. The molecule has 0 spiro atoms. The summed E-state index contributed by atoms with van der Waals surface area (Å²) < 4.78 is 27.4. The molecule has 10 nitrogen and oxygen atoms in total. The first kappa shape index (κ1) is 22.2. The van der Waals surface area contributed by atoms with E-state index < -0.39 is 38.3 Å². The predicted molar refractivity (Wildman–Crippen MR) is 112 cm³/mol. The molecule has 1 aromatic heterocycles. The van der Waals surface area contributed by atoms with Gasteiger partial charge in [-0.25, -0.2) is 13.3 Å². The Balaban J connectivity index is 1.75. The number of aliphatic carboxylic acids is 1. The smallest absolute Gasteiger partial charge is 0.316 e. The van der Waals surface area contributed by atoms with Crippen molar-refractivity contribution in [2.24, 2.45) is 0 Å². The maximum absolute atomic E-state index is 12.6. The summed E-state index contributed by atoms with van der Waals surface area (Å²) in [7, 11) is -3.91. The SMILES string of the molecule is CCc1nnc(NS(=O)(=O)c2ccc(N3C(=O)CC(SC(C)C(=O)O)C3=O)cc2)s1. The van der Waals surface area contributed by atoms with Crippen LogP contribution in [-0.4, -0.2) is 52.0 Å². The van der Waals surface area contributed by atoms with Crippen LogP contribution < -0.4 is 9.62 Å². The molecule has 1 saturated heterocycles. The van der Waals surface area contributed by atoms with Crippen LogP contribution in [0.4, 0.5) is 10.8 Å². The third-order valence-electron chi connectivity index (χ3n) is 4.22. The molecule has 0 bridgehead atoms. The van der Waals surface area contributed by atoms with Gasteiger partial charge in [0.1, 0.15) is 10.3 Å².